The van der Waals surface area contributed by atoms with Crippen LogP contribution < -0.4 is 10.8 Å². The van der Waals surface area contributed by atoms with Crippen LogP contribution in [0.4, 0.5) is 0 Å². The molecule has 0 spiro atoms. The van der Waals surface area contributed by atoms with Gasteiger partial charge in [0.25, 0.3) is 0 Å². The fourth-order valence-corrected chi connectivity index (χ4v) is 2.09. The lowest BCUT2D eigenvalue weighted by molar-refractivity contribution is -0.407. The average molecular weight is 333 g/mol. The van der Waals surface area contributed by atoms with Gasteiger partial charge in [-0.25, -0.2) is 4.98 Å². The van der Waals surface area contributed by atoms with E-state index in [9.17, 15) is 9.90 Å². The average Bonchev–Trinajstić information content (AvgIpc) is 2.92. The molecule has 0 saturated carbocycles. The number of aromatic nitrogens is 1. The number of fused-ring (bicyclic) bond motifs is 1. The highest BCUT2D eigenvalue weighted by atomic mass is 35.5. The summed E-state index contributed by atoms with van der Waals surface area (Å²) in [7, 11) is 0. The SMILES string of the molecule is CC(C)[NH3+].O=C([O-])c1ccccc1-c1nc2cccc(Cl)c2o1. The second-order valence-electron chi connectivity index (χ2n) is 5.33. The van der Waals surface area contributed by atoms with Gasteiger partial charge in [0.05, 0.1) is 17.0 Å². The van der Waals surface area contributed by atoms with Crippen LogP contribution in [0.1, 0.15) is 24.2 Å². The number of carboxylic acids is 1. The van der Waals surface area contributed by atoms with Crippen molar-refractivity contribution in [1.29, 1.82) is 0 Å². The second-order valence-corrected chi connectivity index (χ2v) is 5.74. The van der Waals surface area contributed by atoms with Crippen molar-refractivity contribution in [2.45, 2.75) is 19.9 Å². The van der Waals surface area contributed by atoms with Gasteiger partial charge >= 0.3 is 0 Å². The molecule has 23 heavy (non-hydrogen) atoms. The predicted molar refractivity (Wildman–Crippen MR) is 86.8 cm³/mol. The van der Waals surface area contributed by atoms with E-state index in [1.165, 1.54) is 6.07 Å². The van der Waals surface area contributed by atoms with Crippen molar-refractivity contribution < 1.29 is 20.1 Å². The smallest absolute Gasteiger partial charge is 0.228 e. The number of nitrogens with zero attached hydrogens (tertiary/aromatic N) is 1. The number of oxazole rings is 1. The molecule has 2 aromatic carbocycles. The molecule has 0 unspecified atom stereocenters. The first-order chi connectivity index (χ1) is 10.9. The number of hydrogen-bond donors (Lipinski definition) is 1. The van der Waals surface area contributed by atoms with Gasteiger partial charge in [-0.3, -0.25) is 0 Å². The summed E-state index contributed by atoms with van der Waals surface area (Å²) in [5, 5.41) is 11.5. The molecule has 0 bridgehead atoms. The normalized spacial score (nSPS) is 10.5. The van der Waals surface area contributed by atoms with Crippen LogP contribution >= 0.6 is 11.6 Å². The van der Waals surface area contributed by atoms with Crippen molar-refractivity contribution in [3.05, 3.63) is 53.1 Å². The van der Waals surface area contributed by atoms with Gasteiger partial charge < -0.3 is 20.1 Å². The number of carbonyl (C=O) groups excluding carboxylic acids is 1. The zero-order valence-corrected chi connectivity index (χ0v) is 13.6. The van der Waals surface area contributed by atoms with Crippen molar-refractivity contribution in [3.63, 3.8) is 0 Å². The third-order valence-corrected chi connectivity index (χ3v) is 3.04. The van der Waals surface area contributed by atoms with Crippen LogP contribution in [0.2, 0.25) is 5.02 Å². The second kappa shape index (κ2) is 7.26. The topological polar surface area (TPSA) is 93.8 Å². The number of aromatic carboxylic acids is 1. The van der Waals surface area contributed by atoms with Crippen LogP contribution in [0.5, 0.6) is 0 Å². The molecule has 3 rings (SSSR count). The first-order valence-electron chi connectivity index (χ1n) is 7.09. The molecule has 1 heterocycles. The predicted octanol–water partition coefficient (Wildman–Crippen LogP) is 2.15. The Labute approximate surface area is 138 Å². The molecule has 120 valence electrons. The highest BCUT2D eigenvalue weighted by Gasteiger charge is 2.13. The molecule has 0 radical (unpaired) electrons. The fourth-order valence-electron chi connectivity index (χ4n) is 1.88. The summed E-state index contributed by atoms with van der Waals surface area (Å²) in [6, 6.07) is 12.1. The van der Waals surface area contributed by atoms with Gasteiger partial charge in [-0.15, -0.1) is 0 Å². The van der Waals surface area contributed by atoms with E-state index >= 15 is 0 Å². The Morgan fingerprint density at radius 2 is 1.87 bits per heavy atom. The van der Waals surface area contributed by atoms with E-state index in [1.807, 2.05) is 0 Å². The summed E-state index contributed by atoms with van der Waals surface area (Å²) in [4.78, 5) is 15.3. The molecule has 0 aliphatic heterocycles. The van der Waals surface area contributed by atoms with Crippen molar-refractivity contribution in [1.82, 2.24) is 4.98 Å². The molecular weight excluding hydrogens is 316 g/mol. The minimum absolute atomic E-state index is 0.0326. The Morgan fingerprint density at radius 1 is 1.22 bits per heavy atom. The van der Waals surface area contributed by atoms with Gasteiger partial charge in [0.1, 0.15) is 5.52 Å². The number of carboxylic acid groups (broad SMARTS) is 1. The molecule has 0 fully saturated rings. The molecular formula is C17H17ClN2O3. The minimum Gasteiger partial charge on any atom is -0.545 e. The van der Waals surface area contributed by atoms with E-state index < -0.39 is 5.97 Å². The third-order valence-electron chi connectivity index (χ3n) is 2.74. The minimum atomic E-state index is -1.27. The first kappa shape index (κ1) is 17.0. The molecule has 5 nitrogen and oxygen atoms in total. The Hall–Kier alpha value is -2.37. The standard InChI is InChI=1S/C14H8ClNO3.C3H9N/c15-10-6-3-7-11-12(10)19-13(16-11)8-4-1-2-5-9(8)14(17)18;1-3(2)4/h1-7H,(H,17,18);3H,4H2,1-2H3. The molecule has 1 aromatic heterocycles. The quantitative estimate of drug-likeness (QED) is 0.778. The van der Waals surface area contributed by atoms with E-state index in [0.29, 0.717) is 27.7 Å². The number of benzene rings is 2. The summed E-state index contributed by atoms with van der Waals surface area (Å²) in [5.74, 6) is -1.06. The zero-order valence-electron chi connectivity index (χ0n) is 12.9. The van der Waals surface area contributed by atoms with Crippen LogP contribution in [0.3, 0.4) is 0 Å². The summed E-state index contributed by atoms with van der Waals surface area (Å²) < 4.78 is 5.54. The number of hydrogen-bond acceptors (Lipinski definition) is 4. The highest BCUT2D eigenvalue weighted by molar-refractivity contribution is 6.34. The van der Waals surface area contributed by atoms with E-state index in [1.54, 1.807) is 36.4 Å². The van der Waals surface area contributed by atoms with Crippen LogP contribution in [-0.4, -0.2) is 17.0 Å². The summed E-state index contributed by atoms with van der Waals surface area (Å²) in [5.41, 5.74) is 5.06. The zero-order chi connectivity index (χ0) is 17.0. The molecule has 0 amide bonds. The molecule has 3 aromatic rings. The Balaban J connectivity index is 0.000000433. The van der Waals surface area contributed by atoms with Crippen LogP contribution in [0, 0.1) is 0 Å². The van der Waals surface area contributed by atoms with Crippen LogP contribution in [0.25, 0.3) is 22.6 Å². The van der Waals surface area contributed by atoms with Crippen LogP contribution in [-0.2, 0) is 0 Å². The van der Waals surface area contributed by atoms with E-state index in [4.69, 9.17) is 16.0 Å². The van der Waals surface area contributed by atoms with Gasteiger partial charge in [-0.1, -0.05) is 35.9 Å². The maximum atomic E-state index is 11.1. The van der Waals surface area contributed by atoms with Gasteiger partial charge in [0.15, 0.2) is 5.58 Å². The lowest BCUT2D eigenvalue weighted by Crippen LogP contribution is -2.57. The van der Waals surface area contributed by atoms with Crippen molar-refractivity contribution in [2.24, 2.45) is 0 Å². The van der Waals surface area contributed by atoms with E-state index in [-0.39, 0.29) is 11.5 Å². The van der Waals surface area contributed by atoms with Gasteiger partial charge in [-0.2, -0.15) is 0 Å². The Bertz CT molecular complexity index is 825. The molecule has 0 aliphatic rings. The van der Waals surface area contributed by atoms with E-state index in [0.717, 1.165) is 0 Å². The first-order valence-corrected chi connectivity index (χ1v) is 7.46. The highest BCUT2D eigenvalue weighted by Crippen LogP contribution is 2.30. The third kappa shape index (κ3) is 4.09. The van der Waals surface area contributed by atoms with Crippen molar-refractivity contribution in [3.8, 4) is 11.5 Å². The summed E-state index contributed by atoms with van der Waals surface area (Å²) in [6.45, 7) is 4.11. The van der Waals surface area contributed by atoms with Gasteiger partial charge in [-0.05, 0) is 32.0 Å². The van der Waals surface area contributed by atoms with Crippen molar-refractivity contribution >= 4 is 28.7 Å². The maximum absolute atomic E-state index is 11.1. The molecule has 0 aliphatic carbocycles. The number of halogens is 1. The number of para-hydroxylation sites is 1. The van der Waals surface area contributed by atoms with Gasteiger partial charge in [0.2, 0.25) is 5.89 Å². The number of quaternary nitrogens is 1. The molecule has 0 atom stereocenters. The lowest BCUT2D eigenvalue weighted by Gasteiger charge is -2.06. The van der Waals surface area contributed by atoms with Crippen molar-refractivity contribution in [2.75, 3.05) is 0 Å². The monoisotopic (exact) mass is 332 g/mol. The fraction of sp³-hybridized carbons (Fsp3) is 0.176. The Morgan fingerprint density at radius 3 is 2.48 bits per heavy atom. The Kier molecular flexibility index (Phi) is 5.36. The lowest BCUT2D eigenvalue weighted by atomic mass is 10.1. The van der Waals surface area contributed by atoms with Gasteiger partial charge in [0, 0.05) is 11.1 Å². The largest absolute Gasteiger partial charge is 0.545 e. The number of rotatable bonds is 2. The summed E-state index contributed by atoms with van der Waals surface area (Å²) >= 11 is 6.00. The van der Waals surface area contributed by atoms with E-state index in [2.05, 4.69) is 24.6 Å². The summed E-state index contributed by atoms with van der Waals surface area (Å²) in [6.07, 6.45) is 0. The maximum Gasteiger partial charge on any atom is 0.228 e. The molecule has 0 saturated heterocycles. The van der Waals surface area contributed by atoms with Crippen LogP contribution in [0.15, 0.2) is 46.9 Å². The number of carbonyl (C=O) groups is 1. The molecule has 3 N–H and O–H groups in total. The molecule has 6 heteroatoms.